The molecular formula is C16H18F3N3O2. The molecule has 0 radical (unpaired) electrons. The third kappa shape index (κ3) is 3.53. The Bertz CT molecular complexity index is 683. The summed E-state index contributed by atoms with van der Waals surface area (Å²) in [6, 6.07) is 5.45. The van der Waals surface area contributed by atoms with E-state index in [1.54, 1.807) is 0 Å². The number of anilines is 1. The molecule has 2 aromatic rings. The van der Waals surface area contributed by atoms with Crippen LogP contribution in [0.1, 0.15) is 42.8 Å². The number of aromatic nitrogens is 2. The zero-order valence-electron chi connectivity index (χ0n) is 13.4. The molecule has 1 unspecified atom stereocenters. The molecule has 0 saturated carbocycles. The van der Waals surface area contributed by atoms with Crippen LogP contribution in [0.4, 0.5) is 19.2 Å². The summed E-state index contributed by atoms with van der Waals surface area (Å²) in [7, 11) is 0. The lowest BCUT2D eigenvalue weighted by atomic mass is 10.1. The summed E-state index contributed by atoms with van der Waals surface area (Å²) in [5.74, 6) is 0.789. The first-order valence-electron chi connectivity index (χ1n) is 7.72. The Morgan fingerprint density at radius 2 is 1.92 bits per heavy atom. The second-order valence-corrected chi connectivity index (χ2v) is 6.02. The van der Waals surface area contributed by atoms with Gasteiger partial charge in [-0.25, -0.2) is 0 Å². The van der Waals surface area contributed by atoms with Gasteiger partial charge in [0.25, 0.3) is 0 Å². The Labute approximate surface area is 137 Å². The van der Waals surface area contributed by atoms with E-state index in [-0.39, 0.29) is 12.0 Å². The molecule has 3 rings (SSSR count). The maximum Gasteiger partial charge on any atom is 0.416 e. The van der Waals surface area contributed by atoms with Gasteiger partial charge in [-0.3, -0.25) is 0 Å². The molecule has 0 bridgehead atoms. The van der Waals surface area contributed by atoms with Gasteiger partial charge >= 0.3 is 12.2 Å². The highest BCUT2D eigenvalue weighted by atomic mass is 19.4. The van der Waals surface area contributed by atoms with E-state index in [1.807, 2.05) is 18.7 Å². The van der Waals surface area contributed by atoms with Gasteiger partial charge in [-0.05, 0) is 17.7 Å². The van der Waals surface area contributed by atoms with Gasteiger partial charge in [0, 0.05) is 12.5 Å². The average molecular weight is 341 g/mol. The molecule has 0 spiro atoms. The molecular weight excluding hydrogens is 323 g/mol. The van der Waals surface area contributed by atoms with E-state index < -0.39 is 11.7 Å². The Morgan fingerprint density at radius 3 is 2.50 bits per heavy atom. The zero-order valence-corrected chi connectivity index (χ0v) is 13.4. The molecule has 2 heterocycles. The lowest BCUT2D eigenvalue weighted by Gasteiger charge is -2.31. The largest absolute Gasteiger partial charge is 0.416 e. The highest BCUT2D eigenvalue weighted by molar-refractivity contribution is 5.31. The Hall–Kier alpha value is -2.09. The third-order valence-electron chi connectivity index (χ3n) is 3.89. The van der Waals surface area contributed by atoms with Crippen molar-refractivity contribution in [2.24, 2.45) is 0 Å². The van der Waals surface area contributed by atoms with Crippen LogP contribution < -0.4 is 4.90 Å². The van der Waals surface area contributed by atoms with Gasteiger partial charge in [0.2, 0.25) is 0 Å². The summed E-state index contributed by atoms with van der Waals surface area (Å²) in [6.45, 7) is 5.42. The van der Waals surface area contributed by atoms with Gasteiger partial charge in [0.05, 0.1) is 18.7 Å². The summed E-state index contributed by atoms with van der Waals surface area (Å²) in [4.78, 5) is 6.25. The Balaban J connectivity index is 1.73. The first-order valence-corrected chi connectivity index (χ1v) is 7.72. The fourth-order valence-corrected chi connectivity index (χ4v) is 2.50. The number of halogens is 3. The topological polar surface area (TPSA) is 51.4 Å². The predicted octanol–water partition coefficient (Wildman–Crippen LogP) is 3.79. The highest BCUT2D eigenvalue weighted by Crippen LogP contribution is 2.31. The van der Waals surface area contributed by atoms with Gasteiger partial charge in [-0.15, -0.1) is 0 Å². The van der Waals surface area contributed by atoms with Crippen molar-refractivity contribution < 1.29 is 22.4 Å². The molecule has 0 aliphatic carbocycles. The van der Waals surface area contributed by atoms with Crippen molar-refractivity contribution in [2.75, 3.05) is 24.6 Å². The fraction of sp³-hybridized carbons (Fsp3) is 0.500. The second-order valence-electron chi connectivity index (χ2n) is 6.02. The Morgan fingerprint density at radius 1 is 1.21 bits per heavy atom. The number of alkyl halides is 3. The summed E-state index contributed by atoms with van der Waals surface area (Å²) in [5.41, 5.74) is 0.0219. The van der Waals surface area contributed by atoms with Crippen molar-refractivity contribution in [1.82, 2.24) is 10.1 Å². The van der Waals surface area contributed by atoms with Crippen LogP contribution >= 0.6 is 0 Å². The van der Waals surface area contributed by atoms with E-state index in [0.29, 0.717) is 37.1 Å². The normalized spacial score (nSPS) is 19.1. The minimum Gasteiger partial charge on any atom is -0.370 e. The van der Waals surface area contributed by atoms with E-state index in [0.717, 1.165) is 12.1 Å². The lowest BCUT2D eigenvalue weighted by molar-refractivity contribution is -0.137. The molecule has 8 heteroatoms. The standard InChI is InChI=1S/C16H18F3N3O2/c1-10(2)14-20-15(24-21-14)22-7-8-23-13(9-22)11-3-5-12(6-4-11)16(17,18)19/h3-6,10,13H,7-9H2,1-2H3. The van der Waals surface area contributed by atoms with Crippen LogP contribution in [0.2, 0.25) is 0 Å². The maximum atomic E-state index is 12.6. The molecule has 24 heavy (non-hydrogen) atoms. The summed E-state index contributed by atoms with van der Waals surface area (Å²) in [5, 5.41) is 3.93. The molecule has 1 aliphatic rings. The van der Waals surface area contributed by atoms with Crippen molar-refractivity contribution in [1.29, 1.82) is 0 Å². The first-order chi connectivity index (χ1) is 11.3. The molecule has 1 aliphatic heterocycles. The number of morpholine rings is 1. The van der Waals surface area contributed by atoms with E-state index in [9.17, 15) is 13.2 Å². The van der Waals surface area contributed by atoms with Crippen LogP contribution in [0.25, 0.3) is 0 Å². The summed E-state index contributed by atoms with van der Waals surface area (Å²) < 4.78 is 48.9. The molecule has 1 aromatic heterocycles. The predicted molar refractivity (Wildman–Crippen MR) is 80.7 cm³/mol. The number of nitrogens with zero attached hydrogens (tertiary/aromatic N) is 3. The average Bonchev–Trinajstić information content (AvgIpc) is 3.05. The van der Waals surface area contributed by atoms with Crippen LogP contribution in [-0.2, 0) is 10.9 Å². The molecule has 0 amide bonds. The van der Waals surface area contributed by atoms with E-state index >= 15 is 0 Å². The number of benzene rings is 1. The van der Waals surface area contributed by atoms with Gasteiger partial charge < -0.3 is 14.2 Å². The van der Waals surface area contributed by atoms with Crippen LogP contribution in [0.3, 0.4) is 0 Å². The van der Waals surface area contributed by atoms with E-state index in [2.05, 4.69) is 10.1 Å². The minimum atomic E-state index is -4.34. The van der Waals surface area contributed by atoms with Gasteiger partial charge in [0.15, 0.2) is 5.82 Å². The van der Waals surface area contributed by atoms with Gasteiger partial charge in [-0.2, -0.15) is 18.2 Å². The first kappa shape index (κ1) is 16.8. The fourth-order valence-electron chi connectivity index (χ4n) is 2.50. The molecule has 1 atom stereocenters. The van der Waals surface area contributed by atoms with Crippen LogP contribution in [0, 0.1) is 0 Å². The smallest absolute Gasteiger partial charge is 0.370 e. The SMILES string of the molecule is CC(C)c1noc(N2CCOC(c3ccc(C(F)(F)F)cc3)C2)n1. The van der Waals surface area contributed by atoms with E-state index in [1.165, 1.54) is 12.1 Å². The number of rotatable bonds is 3. The molecule has 1 fully saturated rings. The Kier molecular flexibility index (Phi) is 4.49. The second kappa shape index (κ2) is 6.43. The maximum absolute atomic E-state index is 12.6. The van der Waals surface area contributed by atoms with Crippen LogP contribution in [0.15, 0.2) is 28.8 Å². The molecule has 0 N–H and O–H groups in total. The van der Waals surface area contributed by atoms with Crippen molar-refractivity contribution in [2.45, 2.75) is 32.0 Å². The van der Waals surface area contributed by atoms with E-state index in [4.69, 9.17) is 9.26 Å². The van der Waals surface area contributed by atoms with Crippen LogP contribution in [-0.4, -0.2) is 29.8 Å². The van der Waals surface area contributed by atoms with Gasteiger partial charge in [-0.1, -0.05) is 31.1 Å². The molecule has 1 aromatic carbocycles. The summed E-state index contributed by atoms with van der Waals surface area (Å²) >= 11 is 0. The monoisotopic (exact) mass is 341 g/mol. The van der Waals surface area contributed by atoms with Crippen molar-refractivity contribution >= 4 is 6.01 Å². The number of hydrogen-bond donors (Lipinski definition) is 0. The van der Waals surface area contributed by atoms with Crippen molar-refractivity contribution in [3.05, 3.63) is 41.2 Å². The molecule has 1 saturated heterocycles. The molecule has 130 valence electrons. The van der Waals surface area contributed by atoms with Gasteiger partial charge in [0.1, 0.15) is 6.10 Å². The lowest BCUT2D eigenvalue weighted by Crippen LogP contribution is -2.38. The third-order valence-corrected chi connectivity index (χ3v) is 3.89. The zero-order chi connectivity index (χ0) is 17.3. The number of ether oxygens (including phenoxy) is 1. The van der Waals surface area contributed by atoms with Crippen molar-refractivity contribution in [3.8, 4) is 0 Å². The quantitative estimate of drug-likeness (QED) is 0.850. The summed E-state index contributed by atoms with van der Waals surface area (Å²) in [6.07, 6.45) is -4.68. The van der Waals surface area contributed by atoms with Crippen LogP contribution in [0.5, 0.6) is 0 Å². The highest BCUT2D eigenvalue weighted by Gasteiger charge is 2.31. The van der Waals surface area contributed by atoms with Crippen molar-refractivity contribution in [3.63, 3.8) is 0 Å². The molecule has 5 nitrogen and oxygen atoms in total. The number of hydrogen-bond acceptors (Lipinski definition) is 5. The minimum absolute atomic E-state index is 0.161.